The lowest BCUT2D eigenvalue weighted by molar-refractivity contribution is 0.949. The Labute approximate surface area is 143 Å². The second-order valence-corrected chi connectivity index (χ2v) is 6.49. The van der Waals surface area contributed by atoms with Crippen LogP contribution in [0.2, 0.25) is 5.02 Å². The highest BCUT2D eigenvalue weighted by Crippen LogP contribution is 2.24. The molecular formula is C16H14ClN3S2. The summed E-state index contributed by atoms with van der Waals surface area (Å²) in [5.74, 6) is 2.56. The van der Waals surface area contributed by atoms with Gasteiger partial charge in [-0.3, -0.25) is 9.67 Å². The highest BCUT2D eigenvalue weighted by molar-refractivity contribution is 7.97. The summed E-state index contributed by atoms with van der Waals surface area (Å²) in [4.78, 5) is 0. The van der Waals surface area contributed by atoms with Crippen molar-refractivity contribution in [3.63, 3.8) is 0 Å². The van der Waals surface area contributed by atoms with Crippen molar-refractivity contribution in [2.75, 3.05) is 0 Å². The summed E-state index contributed by atoms with van der Waals surface area (Å²) >= 11 is 13.4. The van der Waals surface area contributed by atoms with Crippen LogP contribution in [0.15, 0.2) is 54.6 Å². The molecule has 0 aliphatic rings. The number of nitrogens with zero attached hydrogens (tertiary/aromatic N) is 2. The third-order valence-corrected chi connectivity index (χ3v) is 4.77. The minimum absolute atomic E-state index is 0.559. The average Bonchev–Trinajstić information content (AvgIpc) is 2.90. The number of benzene rings is 2. The quantitative estimate of drug-likeness (QED) is 0.658. The van der Waals surface area contributed by atoms with Crippen LogP contribution >= 0.6 is 35.6 Å². The summed E-state index contributed by atoms with van der Waals surface area (Å²) in [5, 5.41) is 7.85. The number of nitrogens with one attached hydrogen (secondary N) is 1. The monoisotopic (exact) mass is 347 g/mol. The first kappa shape index (κ1) is 15.3. The predicted molar refractivity (Wildman–Crippen MR) is 95.2 cm³/mol. The lowest BCUT2D eigenvalue weighted by atomic mass is 10.2. The fraction of sp³-hybridized carbons (Fsp3) is 0.125. The van der Waals surface area contributed by atoms with Crippen molar-refractivity contribution in [3.8, 4) is 5.69 Å². The van der Waals surface area contributed by atoms with Crippen LogP contribution in [-0.4, -0.2) is 14.8 Å². The minimum Gasteiger partial charge on any atom is -0.270 e. The summed E-state index contributed by atoms with van der Waals surface area (Å²) < 4.78 is 2.46. The van der Waals surface area contributed by atoms with Crippen LogP contribution in [0, 0.1) is 4.77 Å². The molecule has 2 aromatic carbocycles. The van der Waals surface area contributed by atoms with E-state index < -0.39 is 0 Å². The molecule has 0 aliphatic carbocycles. The highest BCUT2D eigenvalue weighted by Gasteiger charge is 2.11. The first-order valence-corrected chi connectivity index (χ1v) is 8.72. The third-order valence-electron chi connectivity index (χ3n) is 3.18. The number of hydrogen-bond acceptors (Lipinski definition) is 3. The van der Waals surface area contributed by atoms with Crippen LogP contribution < -0.4 is 0 Å². The van der Waals surface area contributed by atoms with E-state index in [2.05, 4.69) is 34.5 Å². The first-order chi connectivity index (χ1) is 10.8. The highest BCUT2D eigenvalue weighted by atomic mass is 35.5. The summed E-state index contributed by atoms with van der Waals surface area (Å²) in [7, 11) is 0. The molecule has 1 N–H and O–H groups in total. The van der Waals surface area contributed by atoms with Crippen LogP contribution in [0.3, 0.4) is 0 Å². The number of aromatic nitrogens is 3. The Hall–Kier alpha value is -1.56. The van der Waals surface area contributed by atoms with E-state index >= 15 is 0 Å². The Morgan fingerprint density at radius 2 is 1.77 bits per heavy atom. The van der Waals surface area contributed by atoms with E-state index in [0.717, 1.165) is 23.0 Å². The maximum absolute atomic E-state index is 6.27. The standard InChI is InChI=1S/C16H14ClN3S2/c17-13-8-4-5-9-14(13)20-15(18-19-16(20)21)11-22-10-12-6-2-1-3-7-12/h1-9H,10-11H2,(H,19,21). The van der Waals surface area contributed by atoms with E-state index in [1.54, 1.807) is 11.8 Å². The van der Waals surface area contributed by atoms with Crippen molar-refractivity contribution in [2.24, 2.45) is 0 Å². The second-order valence-electron chi connectivity index (χ2n) is 4.71. The van der Waals surface area contributed by atoms with E-state index in [-0.39, 0.29) is 0 Å². The van der Waals surface area contributed by atoms with Gasteiger partial charge in [0.15, 0.2) is 4.77 Å². The Balaban J connectivity index is 1.78. The molecule has 1 heterocycles. The summed E-state index contributed by atoms with van der Waals surface area (Å²) in [6.45, 7) is 0. The second kappa shape index (κ2) is 7.13. The van der Waals surface area contributed by atoms with E-state index in [1.165, 1.54) is 5.56 Å². The molecule has 0 amide bonds. The van der Waals surface area contributed by atoms with Gasteiger partial charge in [-0.25, -0.2) is 0 Å². The molecule has 0 fully saturated rings. The smallest absolute Gasteiger partial charge is 0.199 e. The minimum atomic E-state index is 0.559. The van der Waals surface area contributed by atoms with Crippen molar-refractivity contribution in [3.05, 3.63) is 75.8 Å². The van der Waals surface area contributed by atoms with E-state index in [0.29, 0.717) is 9.79 Å². The molecule has 0 saturated heterocycles. The van der Waals surface area contributed by atoms with Gasteiger partial charge < -0.3 is 0 Å². The van der Waals surface area contributed by atoms with Gasteiger partial charge in [-0.2, -0.15) is 5.10 Å². The Morgan fingerprint density at radius 1 is 1.05 bits per heavy atom. The van der Waals surface area contributed by atoms with Gasteiger partial charge in [0, 0.05) is 5.75 Å². The average molecular weight is 348 g/mol. The van der Waals surface area contributed by atoms with Crippen molar-refractivity contribution in [2.45, 2.75) is 11.5 Å². The van der Waals surface area contributed by atoms with Gasteiger partial charge in [-0.15, -0.1) is 11.8 Å². The first-order valence-electron chi connectivity index (χ1n) is 6.78. The van der Waals surface area contributed by atoms with Crippen LogP contribution in [0.5, 0.6) is 0 Å². The van der Waals surface area contributed by atoms with Gasteiger partial charge >= 0.3 is 0 Å². The molecule has 0 spiro atoms. The molecule has 0 unspecified atom stereocenters. The number of aromatic amines is 1. The zero-order valence-electron chi connectivity index (χ0n) is 11.7. The number of halogens is 1. The Bertz CT molecular complexity index is 812. The maximum Gasteiger partial charge on any atom is 0.199 e. The molecule has 6 heteroatoms. The lowest BCUT2D eigenvalue weighted by Gasteiger charge is -2.08. The summed E-state index contributed by atoms with van der Waals surface area (Å²) in [6.07, 6.45) is 0. The molecule has 0 radical (unpaired) electrons. The molecule has 3 nitrogen and oxygen atoms in total. The topological polar surface area (TPSA) is 33.6 Å². The van der Waals surface area contributed by atoms with Gasteiger partial charge in [0.05, 0.1) is 16.5 Å². The van der Waals surface area contributed by atoms with Crippen molar-refractivity contribution in [1.82, 2.24) is 14.8 Å². The van der Waals surface area contributed by atoms with Gasteiger partial charge in [0.25, 0.3) is 0 Å². The molecule has 112 valence electrons. The molecule has 0 bridgehead atoms. The third kappa shape index (κ3) is 3.43. The van der Waals surface area contributed by atoms with Crippen molar-refractivity contribution in [1.29, 1.82) is 0 Å². The van der Waals surface area contributed by atoms with Crippen LogP contribution in [0.1, 0.15) is 11.4 Å². The van der Waals surface area contributed by atoms with E-state index in [4.69, 9.17) is 23.8 Å². The zero-order valence-corrected chi connectivity index (χ0v) is 14.1. The van der Waals surface area contributed by atoms with Gasteiger partial charge in [-0.1, -0.05) is 54.1 Å². The number of hydrogen-bond donors (Lipinski definition) is 1. The molecule has 22 heavy (non-hydrogen) atoms. The fourth-order valence-corrected chi connectivity index (χ4v) is 3.52. The Morgan fingerprint density at radius 3 is 2.55 bits per heavy atom. The molecule has 1 aromatic heterocycles. The van der Waals surface area contributed by atoms with Crippen LogP contribution in [0.4, 0.5) is 0 Å². The molecule has 0 atom stereocenters. The number of thioether (sulfide) groups is 1. The predicted octanol–water partition coefficient (Wildman–Crippen LogP) is 5.02. The van der Waals surface area contributed by atoms with E-state index in [1.807, 2.05) is 34.9 Å². The van der Waals surface area contributed by atoms with Crippen molar-refractivity contribution >= 4 is 35.6 Å². The van der Waals surface area contributed by atoms with Crippen LogP contribution in [-0.2, 0) is 11.5 Å². The molecule has 0 saturated carbocycles. The van der Waals surface area contributed by atoms with Crippen LogP contribution in [0.25, 0.3) is 5.69 Å². The summed E-state index contributed by atoms with van der Waals surface area (Å²) in [6, 6.07) is 18.0. The summed E-state index contributed by atoms with van der Waals surface area (Å²) in [5.41, 5.74) is 2.16. The molecule has 0 aliphatic heterocycles. The van der Waals surface area contributed by atoms with Gasteiger partial charge in [0.1, 0.15) is 5.82 Å². The molecule has 3 aromatic rings. The lowest BCUT2D eigenvalue weighted by Crippen LogP contribution is -2.01. The normalized spacial score (nSPS) is 10.8. The SMILES string of the molecule is S=c1[nH]nc(CSCc2ccccc2)n1-c1ccccc1Cl. The largest absolute Gasteiger partial charge is 0.270 e. The molecule has 3 rings (SSSR count). The van der Waals surface area contributed by atoms with E-state index in [9.17, 15) is 0 Å². The van der Waals surface area contributed by atoms with Crippen molar-refractivity contribution < 1.29 is 0 Å². The number of H-pyrrole nitrogens is 1. The van der Waals surface area contributed by atoms with Gasteiger partial charge in [0.2, 0.25) is 0 Å². The number of rotatable bonds is 5. The zero-order chi connectivity index (χ0) is 15.4. The number of para-hydroxylation sites is 1. The molecular weight excluding hydrogens is 334 g/mol. The maximum atomic E-state index is 6.27. The van der Waals surface area contributed by atoms with Gasteiger partial charge in [-0.05, 0) is 29.9 Å². The fourth-order valence-electron chi connectivity index (χ4n) is 2.14. The Kier molecular flexibility index (Phi) is 4.97.